The van der Waals surface area contributed by atoms with E-state index >= 15 is 0 Å². The Morgan fingerprint density at radius 3 is 2.72 bits per heavy atom. The third-order valence-electron chi connectivity index (χ3n) is 2.32. The van der Waals surface area contributed by atoms with Crippen LogP contribution in [0.25, 0.3) is 0 Å². The number of nitrogens with zero attached hydrogens (tertiary/aromatic N) is 3. The fourth-order valence-corrected chi connectivity index (χ4v) is 1.63. The zero-order chi connectivity index (χ0) is 13.3. The maximum Gasteiger partial charge on any atom is 0.288 e. The van der Waals surface area contributed by atoms with Crippen molar-refractivity contribution in [1.82, 2.24) is 9.78 Å². The Morgan fingerprint density at radius 2 is 2.17 bits per heavy atom. The van der Waals surface area contributed by atoms with Crippen molar-refractivity contribution in [3.8, 4) is 0 Å². The number of nitro groups is 1. The lowest BCUT2D eigenvalue weighted by molar-refractivity contribution is -0.384. The van der Waals surface area contributed by atoms with Gasteiger partial charge in [-0.15, -0.1) is 0 Å². The van der Waals surface area contributed by atoms with Crippen molar-refractivity contribution in [1.29, 1.82) is 0 Å². The summed E-state index contributed by atoms with van der Waals surface area (Å²) in [7, 11) is 0. The Bertz CT molecular complexity index is 636. The Kier molecular flexibility index (Phi) is 3.12. The van der Waals surface area contributed by atoms with E-state index in [1.165, 1.54) is 18.3 Å². The molecule has 1 aromatic heterocycles. The van der Waals surface area contributed by atoms with E-state index in [0.29, 0.717) is 5.69 Å². The lowest BCUT2D eigenvalue weighted by atomic mass is 10.2. The molecule has 92 valence electrons. The van der Waals surface area contributed by atoms with Gasteiger partial charge in [0.05, 0.1) is 10.6 Å². The third-order valence-corrected chi connectivity index (χ3v) is 2.64. The Morgan fingerprint density at radius 1 is 1.44 bits per heavy atom. The summed E-state index contributed by atoms with van der Waals surface area (Å²) in [6, 6.07) is 5.56. The standard InChI is InChI=1S/C11H8ClN3O3/c1-7-4-5-14(13-7)11(16)8-2-3-9(12)10(6-8)15(17)18/h2-6H,1H3. The highest BCUT2D eigenvalue weighted by atomic mass is 35.5. The average molecular weight is 266 g/mol. The first kappa shape index (κ1) is 12.3. The van der Waals surface area contributed by atoms with Gasteiger partial charge in [0.1, 0.15) is 5.02 Å². The number of rotatable bonds is 2. The second-order valence-corrected chi connectivity index (χ2v) is 4.04. The highest BCUT2D eigenvalue weighted by Gasteiger charge is 2.17. The third kappa shape index (κ3) is 2.23. The molecule has 0 spiro atoms. The van der Waals surface area contributed by atoms with Crippen molar-refractivity contribution in [2.45, 2.75) is 6.92 Å². The van der Waals surface area contributed by atoms with Crippen LogP contribution in [0.4, 0.5) is 5.69 Å². The second-order valence-electron chi connectivity index (χ2n) is 3.63. The lowest BCUT2D eigenvalue weighted by Gasteiger charge is -2.01. The van der Waals surface area contributed by atoms with E-state index < -0.39 is 10.8 Å². The molecule has 0 aliphatic heterocycles. The van der Waals surface area contributed by atoms with Gasteiger partial charge in [-0.2, -0.15) is 5.10 Å². The van der Waals surface area contributed by atoms with Crippen LogP contribution in [-0.2, 0) is 0 Å². The molecule has 0 saturated carbocycles. The molecule has 0 N–H and O–H groups in total. The van der Waals surface area contributed by atoms with Crippen molar-refractivity contribution < 1.29 is 9.72 Å². The molecule has 7 heteroatoms. The molecule has 18 heavy (non-hydrogen) atoms. The largest absolute Gasteiger partial charge is 0.288 e. The van der Waals surface area contributed by atoms with Crippen molar-refractivity contribution >= 4 is 23.2 Å². The Labute approximate surface area is 107 Å². The maximum atomic E-state index is 12.0. The van der Waals surface area contributed by atoms with Crippen molar-refractivity contribution in [3.05, 3.63) is 56.9 Å². The topological polar surface area (TPSA) is 78.0 Å². The summed E-state index contributed by atoms with van der Waals surface area (Å²) in [5.74, 6) is -0.442. The van der Waals surface area contributed by atoms with Crippen molar-refractivity contribution in [2.24, 2.45) is 0 Å². The molecule has 1 aromatic carbocycles. The molecule has 0 fully saturated rings. The smallest absolute Gasteiger partial charge is 0.267 e. The van der Waals surface area contributed by atoms with Gasteiger partial charge >= 0.3 is 0 Å². The minimum Gasteiger partial charge on any atom is -0.267 e. The van der Waals surface area contributed by atoms with Gasteiger partial charge in [-0.25, -0.2) is 4.68 Å². The van der Waals surface area contributed by atoms with Gasteiger partial charge < -0.3 is 0 Å². The van der Waals surface area contributed by atoms with E-state index in [1.54, 1.807) is 13.0 Å². The van der Waals surface area contributed by atoms with E-state index in [9.17, 15) is 14.9 Å². The maximum absolute atomic E-state index is 12.0. The average Bonchev–Trinajstić information content (AvgIpc) is 2.75. The van der Waals surface area contributed by atoms with Crippen LogP contribution in [0.15, 0.2) is 30.5 Å². The van der Waals surface area contributed by atoms with Gasteiger partial charge in [0, 0.05) is 17.8 Å². The monoisotopic (exact) mass is 265 g/mol. The van der Waals surface area contributed by atoms with E-state index in [-0.39, 0.29) is 16.3 Å². The molecular formula is C11H8ClN3O3. The minimum absolute atomic E-state index is 0.00630. The van der Waals surface area contributed by atoms with Gasteiger partial charge in [-0.3, -0.25) is 14.9 Å². The molecule has 2 aromatic rings. The summed E-state index contributed by atoms with van der Waals surface area (Å²) in [5, 5.41) is 14.7. The lowest BCUT2D eigenvalue weighted by Crippen LogP contribution is -2.13. The molecule has 2 rings (SSSR count). The highest BCUT2D eigenvalue weighted by Crippen LogP contribution is 2.25. The zero-order valence-corrected chi connectivity index (χ0v) is 10.1. The highest BCUT2D eigenvalue weighted by molar-refractivity contribution is 6.32. The second kappa shape index (κ2) is 4.58. The molecule has 0 bridgehead atoms. The number of hydrogen-bond donors (Lipinski definition) is 0. The molecule has 0 unspecified atom stereocenters. The summed E-state index contributed by atoms with van der Waals surface area (Å²) in [6.07, 6.45) is 1.50. The molecule has 0 aliphatic rings. The van der Waals surface area contributed by atoms with Crippen LogP contribution < -0.4 is 0 Å². The van der Waals surface area contributed by atoms with Crippen molar-refractivity contribution in [2.75, 3.05) is 0 Å². The number of carbonyl (C=O) groups is 1. The van der Waals surface area contributed by atoms with Crippen LogP contribution in [0.3, 0.4) is 0 Å². The van der Waals surface area contributed by atoms with Crippen LogP contribution in [0.1, 0.15) is 16.1 Å². The summed E-state index contributed by atoms with van der Waals surface area (Å²) < 4.78 is 1.13. The normalized spacial score (nSPS) is 10.3. The molecule has 6 nitrogen and oxygen atoms in total. The zero-order valence-electron chi connectivity index (χ0n) is 9.33. The first-order valence-corrected chi connectivity index (χ1v) is 5.38. The van der Waals surface area contributed by atoms with Crippen LogP contribution in [-0.4, -0.2) is 20.6 Å². The van der Waals surface area contributed by atoms with Gasteiger partial charge in [0.25, 0.3) is 11.6 Å². The first-order valence-electron chi connectivity index (χ1n) is 5.00. The molecule has 0 atom stereocenters. The molecule has 0 aliphatic carbocycles. The quantitative estimate of drug-likeness (QED) is 0.617. The molecule has 0 amide bonds. The van der Waals surface area contributed by atoms with Gasteiger partial charge in [0.15, 0.2) is 0 Å². The van der Waals surface area contributed by atoms with Crippen LogP contribution in [0.2, 0.25) is 5.02 Å². The molecular weight excluding hydrogens is 258 g/mol. The number of halogens is 1. The van der Waals surface area contributed by atoms with E-state index in [4.69, 9.17) is 11.6 Å². The fraction of sp³-hybridized carbons (Fsp3) is 0.0909. The van der Waals surface area contributed by atoms with Crippen molar-refractivity contribution in [3.63, 3.8) is 0 Å². The van der Waals surface area contributed by atoms with Gasteiger partial charge in [0.2, 0.25) is 0 Å². The fourth-order valence-electron chi connectivity index (χ4n) is 1.45. The van der Waals surface area contributed by atoms with Crippen LogP contribution >= 0.6 is 11.6 Å². The van der Waals surface area contributed by atoms with Crippen LogP contribution in [0.5, 0.6) is 0 Å². The summed E-state index contributed by atoms with van der Waals surface area (Å²) in [5.41, 5.74) is 0.549. The number of benzene rings is 1. The Balaban J connectivity index is 2.43. The number of aryl methyl sites for hydroxylation is 1. The number of carbonyl (C=O) groups excluding carboxylic acids is 1. The first-order chi connectivity index (χ1) is 8.49. The minimum atomic E-state index is -0.631. The SMILES string of the molecule is Cc1ccn(C(=O)c2ccc(Cl)c([N+](=O)[O-])c2)n1. The predicted octanol–water partition coefficient (Wildman–Crippen LogP) is 2.44. The predicted molar refractivity (Wildman–Crippen MR) is 64.8 cm³/mol. The summed E-state index contributed by atoms with van der Waals surface area (Å²) >= 11 is 5.67. The van der Waals surface area contributed by atoms with E-state index in [0.717, 1.165) is 10.7 Å². The Hall–Kier alpha value is -2.21. The van der Waals surface area contributed by atoms with Gasteiger partial charge in [-0.1, -0.05) is 11.6 Å². The van der Waals surface area contributed by atoms with E-state index in [1.807, 2.05) is 0 Å². The molecule has 1 heterocycles. The summed E-state index contributed by atoms with van der Waals surface area (Å²) in [6.45, 7) is 1.74. The number of aromatic nitrogens is 2. The van der Waals surface area contributed by atoms with Gasteiger partial charge in [-0.05, 0) is 25.1 Å². The molecule has 0 saturated heterocycles. The number of nitro benzene ring substituents is 1. The molecule has 0 radical (unpaired) electrons. The van der Waals surface area contributed by atoms with Crippen LogP contribution in [0, 0.1) is 17.0 Å². The summed E-state index contributed by atoms with van der Waals surface area (Å²) in [4.78, 5) is 22.1. The van der Waals surface area contributed by atoms with E-state index in [2.05, 4.69) is 5.10 Å². The number of hydrogen-bond acceptors (Lipinski definition) is 4.